The maximum atomic E-state index is 12.2. The van der Waals surface area contributed by atoms with Crippen LogP contribution >= 0.6 is 0 Å². The van der Waals surface area contributed by atoms with Gasteiger partial charge in [-0.25, -0.2) is 4.79 Å². The Bertz CT molecular complexity index is 757. The van der Waals surface area contributed by atoms with E-state index < -0.39 is 0 Å². The Labute approximate surface area is 155 Å². The zero-order chi connectivity index (χ0) is 19.1. The monoisotopic (exact) mass is 353 g/mol. The Morgan fingerprint density at radius 2 is 1.65 bits per heavy atom. The van der Waals surface area contributed by atoms with Gasteiger partial charge in [0.15, 0.2) is 0 Å². The number of hydrogen-bond donors (Lipinski definition) is 3. The highest BCUT2D eigenvalue weighted by atomic mass is 16.2. The smallest absolute Gasteiger partial charge is 0.315 e. The second-order valence-corrected chi connectivity index (χ2v) is 6.76. The molecule has 5 nitrogen and oxygen atoms in total. The number of benzene rings is 2. The highest BCUT2D eigenvalue weighted by Crippen LogP contribution is 2.21. The van der Waals surface area contributed by atoms with E-state index >= 15 is 0 Å². The summed E-state index contributed by atoms with van der Waals surface area (Å²) >= 11 is 0. The normalized spacial score (nSPS) is 11.7. The first-order valence-corrected chi connectivity index (χ1v) is 8.84. The SMILES string of the molecule is Cc1cccc(NC(=O)CNC(=O)NC(c2ccccc2)C(C)C)c1C. The van der Waals surface area contributed by atoms with Crippen LogP contribution < -0.4 is 16.0 Å². The van der Waals surface area contributed by atoms with Crippen LogP contribution in [0.25, 0.3) is 0 Å². The average Bonchev–Trinajstić information content (AvgIpc) is 2.62. The predicted octanol–water partition coefficient (Wildman–Crippen LogP) is 3.94. The molecule has 0 aromatic heterocycles. The lowest BCUT2D eigenvalue weighted by molar-refractivity contribution is -0.115. The van der Waals surface area contributed by atoms with Gasteiger partial charge in [-0.2, -0.15) is 0 Å². The molecule has 0 fully saturated rings. The maximum absolute atomic E-state index is 12.2. The Morgan fingerprint density at radius 3 is 2.31 bits per heavy atom. The van der Waals surface area contributed by atoms with Crippen LogP contribution in [0.15, 0.2) is 48.5 Å². The van der Waals surface area contributed by atoms with Crippen LogP contribution in [0.3, 0.4) is 0 Å². The number of anilines is 1. The third-order valence-electron chi connectivity index (χ3n) is 4.40. The van der Waals surface area contributed by atoms with Gasteiger partial charge in [0.2, 0.25) is 5.91 Å². The van der Waals surface area contributed by atoms with Crippen LogP contribution in [-0.2, 0) is 4.79 Å². The minimum Gasteiger partial charge on any atom is -0.331 e. The van der Waals surface area contributed by atoms with Gasteiger partial charge >= 0.3 is 6.03 Å². The fraction of sp³-hybridized carbons (Fsp3) is 0.333. The molecule has 1 unspecified atom stereocenters. The molecular formula is C21H27N3O2. The highest BCUT2D eigenvalue weighted by molar-refractivity contribution is 5.95. The van der Waals surface area contributed by atoms with Crippen molar-refractivity contribution in [3.8, 4) is 0 Å². The lowest BCUT2D eigenvalue weighted by atomic mass is 9.96. The number of urea groups is 1. The van der Waals surface area contributed by atoms with Gasteiger partial charge in [0.05, 0.1) is 12.6 Å². The molecule has 0 spiro atoms. The number of hydrogen-bond acceptors (Lipinski definition) is 2. The van der Waals surface area contributed by atoms with Crippen LogP contribution in [0, 0.1) is 19.8 Å². The Morgan fingerprint density at radius 1 is 0.962 bits per heavy atom. The molecular weight excluding hydrogens is 326 g/mol. The Hall–Kier alpha value is -2.82. The summed E-state index contributed by atoms with van der Waals surface area (Å²) in [7, 11) is 0. The first kappa shape index (κ1) is 19.5. The lowest BCUT2D eigenvalue weighted by Crippen LogP contribution is -2.42. The minimum atomic E-state index is -0.358. The average molecular weight is 353 g/mol. The predicted molar refractivity (Wildman–Crippen MR) is 105 cm³/mol. The molecule has 2 rings (SSSR count). The third kappa shape index (κ3) is 5.34. The molecule has 0 saturated carbocycles. The topological polar surface area (TPSA) is 70.2 Å². The molecule has 1 atom stereocenters. The van der Waals surface area contributed by atoms with Crippen LogP contribution in [0.4, 0.5) is 10.5 Å². The fourth-order valence-electron chi connectivity index (χ4n) is 2.73. The standard InChI is InChI=1S/C21H27N3O2/c1-14(2)20(17-10-6-5-7-11-17)24-21(26)22-13-19(25)23-18-12-8-9-15(3)16(18)4/h5-12,14,20H,13H2,1-4H3,(H,23,25)(H2,22,24,26). The van der Waals surface area contributed by atoms with Crippen molar-refractivity contribution in [1.82, 2.24) is 10.6 Å². The van der Waals surface area contributed by atoms with Crippen LogP contribution in [0.5, 0.6) is 0 Å². The van der Waals surface area contributed by atoms with E-state index in [1.165, 1.54) is 0 Å². The number of rotatable bonds is 6. The number of carbonyl (C=O) groups is 2. The van der Waals surface area contributed by atoms with Gasteiger partial charge in [0.25, 0.3) is 0 Å². The third-order valence-corrected chi connectivity index (χ3v) is 4.40. The zero-order valence-corrected chi connectivity index (χ0v) is 15.8. The van der Waals surface area contributed by atoms with Crippen molar-refractivity contribution in [2.75, 3.05) is 11.9 Å². The van der Waals surface area contributed by atoms with Crippen LogP contribution in [0.1, 0.15) is 36.6 Å². The molecule has 3 amide bonds. The molecule has 26 heavy (non-hydrogen) atoms. The second kappa shape index (κ2) is 9.04. The van der Waals surface area contributed by atoms with Gasteiger partial charge in [-0.3, -0.25) is 4.79 Å². The quantitative estimate of drug-likeness (QED) is 0.736. The molecule has 0 radical (unpaired) electrons. The van der Waals surface area contributed by atoms with Gasteiger partial charge in [-0.15, -0.1) is 0 Å². The molecule has 0 aliphatic rings. The van der Waals surface area contributed by atoms with Crippen molar-refractivity contribution in [2.45, 2.75) is 33.7 Å². The molecule has 2 aromatic rings. The van der Waals surface area contributed by atoms with Crippen molar-refractivity contribution in [1.29, 1.82) is 0 Å². The minimum absolute atomic E-state index is 0.0845. The summed E-state index contributed by atoms with van der Waals surface area (Å²) < 4.78 is 0. The lowest BCUT2D eigenvalue weighted by Gasteiger charge is -2.23. The van der Waals surface area contributed by atoms with Crippen LogP contribution in [0.2, 0.25) is 0 Å². The maximum Gasteiger partial charge on any atom is 0.315 e. The van der Waals surface area contributed by atoms with Gasteiger partial charge in [0, 0.05) is 5.69 Å². The molecule has 0 aliphatic heterocycles. The highest BCUT2D eigenvalue weighted by Gasteiger charge is 2.18. The molecule has 0 aliphatic carbocycles. The first-order valence-electron chi connectivity index (χ1n) is 8.84. The molecule has 5 heteroatoms. The molecule has 138 valence electrons. The van der Waals surface area contributed by atoms with Gasteiger partial charge in [-0.1, -0.05) is 56.3 Å². The van der Waals surface area contributed by atoms with E-state index in [1.807, 2.05) is 76.2 Å². The van der Waals surface area contributed by atoms with Gasteiger partial charge in [0.1, 0.15) is 0 Å². The molecule has 2 aromatic carbocycles. The van der Waals surface area contributed by atoms with E-state index in [0.717, 1.165) is 22.4 Å². The summed E-state index contributed by atoms with van der Waals surface area (Å²) in [4.78, 5) is 24.3. The first-order chi connectivity index (χ1) is 12.4. The number of nitrogens with one attached hydrogen (secondary N) is 3. The summed E-state index contributed by atoms with van der Waals surface area (Å²) in [6.07, 6.45) is 0. The Kier molecular flexibility index (Phi) is 6.78. The van der Waals surface area contributed by atoms with Gasteiger partial charge < -0.3 is 16.0 Å². The molecule has 0 bridgehead atoms. The summed E-state index contributed by atoms with van der Waals surface area (Å²) in [6.45, 7) is 7.96. The van der Waals surface area contributed by atoms with Crippen molar-refractivity contribution >= 4 is 17.6 Å². The second-order valence-electron chi connectivity index (χ2n) is 6.76. The number of amides is 3. The summed E-state index contributed by atoms with van der Waals surface area (Å²) in [5.41, 5.74) is 3.93. The molecule has 3 N–H and O–H groups in total. The number of aryl methyl sites for hydroxylation is 1. The van der Waals surface area contributed by atoms with Crippen molar-refractivity contribution in [3.63, 3.8) is 0 Å². The van der Waals surface area contributed by atoms with Crippen molar-refractivity contribution in [3.05, 3.63) is 65.2 Å². The fourth-order valence-corrected chi connectivity index (χ4v) is 2.73. The summed E-state index contributed by atoms with van der Waals surface area (Å²) in [5, 5.41) is 8.40. The zero-order valence-electron chi connectivity index (χ0n) is 15.8. The summed E-state index contributed by atoms with van der Waals surface area (Å²) in [6, 6.07) is 15.1. The Balaban J connectivity index is 1.89. The van der Waals surface area contributed by atoms with E-state index in [-0.39, 0.29) is 30.4 Å². The van der Waals surface area contributed by atoms with E-state index in [1.54, 1.807) is 0 Å². The summed E-state index contributed by atoms with van der Waals surface area (Å²) in [5.74, 6) is -0.0263. The van der Waals surface area contributed by atoms with Gasteiger partial charge in [-0.05, 0) is 42.5 Å². The number of carbonyl (C=O) groups excluding carboxylic acids is 2. The van der Waals surface area contributed by atoms with E-state index in [2.05, 4.69) is 16.0 Å². The van der Waals surface area contributed by atoms with E-state index in [0.29, 0.717) is 0 Å². The molecule has 0 saturated heterocycles. The van der Waals surface area contributed by atoms with E-state index in [9.17, 15) is 9.59 Å². The van der Waals surface area contributed by atoms with Crippen LogP contribution in [-0.4, -0.2) is 18.5 Å². The van der Waals surface area contributed by atoms with E-state index in [4.69, 9.17) is 0 Å². The largest absolute Gasteiger partial charge is 0.331 e. The van der Waals surface area contributed by atoms with Crippen molar-refractivity contribution < 1.29 is 9.59 Å². The van der Waals surface area contributed by atoms with Crippen molar-refractivity contribution in [2.24, 2.45) is 5.92 Å². The molecule has 0 heterocycles.